The van der Waals surface area contributed by atoms with Crippen molar-refractivity contribution in [1.29, 1.82) is 0 Å². The second-order valence-corrected chi connectivity index (χ2v) is 8.70. The van der Waals surface area contributed by atoms with Gasteiger partial charge in [-0.05, 0) is 63.2 Å². The van der Waals surface area contributed by atoms with E-state index in [4.69, 9.17) is 16.6 Å². The third-order valence-corrected chi connectivity index (χ3v) is 6.35. The van der Waals surface area contributed by atoms with Gasteiger partial charge in [0.15, 0.2) is 5.96 Å². The van der Waals surface area contributed by atoms with Gasteiger partial charge in [-0.2, -0.15) is 0 Å². The molecule has 0 saturated carbocycles. The fourth-order valence-electron chi connectivity index (χ4n) is 4.17. The van der Waals surface area contributed by atoms with Crippen LogP contribution in [0.5, 0.6) is 0 Å². The lowest BCUT2D eigenvalue weighted by Crippen LogP contribution is -2.40. The maximum Gasteiger partial charge on any atom is 0.222 e. The molecule has 0 atom stereocenters. The molecule has 6 nitrogen and oxygen atoms in total. The zero-order valence-corrected chi connectivity index (χ0v) is 19.0. The minimum atomic E-state index is 0.302. The molecule has 166 valence electrons. The summed E-state index contributed by atoms with van der Waals surface area (Å²) >= 11 is 6.30. The van der Waals surface area contributed by atoms with Gasteiger partial charge < -0.3 is 15.5 Å². The Bertz CT molecular complexity index is 703. The number of amides is 1. The van der Waals surface area contributed by atoms with E-state index in [1.54, 1.807) is 0 Å². The molecule has 1 aromatic rings. The van der Waals surface area contributed by atoms with Crippen LogP contribution in [-0.4, -0.2) is 67.5 Å². The lowest BCUT2D eigenvalue weighted by molar-refractivity contribution is -0.127. The van der Waals surface area contributed by atoms with Crippen LogP contribution in [0.25, 0.3) is 0 Å². The second-order valence-electron chi connectivity index (χ2n) is 8.30. The molecule has 1 aromatic carbocycles. The number of carbonyl (C=O) groups excluding carboxylic acids is 1. The van der Waals surface area contributed by atoms with E-state index in [-0.39, 0.29) is 0 Å². The Balaban J connectivity index is 1.36. The highest BCUT2D eigenvalue weighted by Gasteiger charge is 2.20. The molecule has 2 N–H and O–H groups in total. The Morgan fingerprint density at radius 2 is 2.00 bits per heavy atom. The molecule has 2 fully saturated rings. The molecule has 0 aliphatic carbocycles. The van der Waals surface area contributed by atoms with Gasteiger partial charge >= 0.3 is 0 Å². The number of piperidine rings is 1. The van der Waals surface area contributed by atoms with E-state index >= 15 is 0 Å². The first-order valence-electron chi connectivity index (χ1n) is 11.4. The van der Waals surface area contributed by atoms with E-state index in [0.717, 1.165) is 76.2 Å². The van der Waals surface area contributed by atoms with Crippen molar-refractivity contribution in [3.05, 3.63) is 34.9 Å². The molecule has 0 spiro atoms. The molecule has 0 radical (unpaired) electrons. The van der Waals surface area contributed by atoms with Crippen molar-refractivity contribution >= 4 is 23.5 Å². The maximum absolute atomic E-state index is 11.7. The van der Waals surface area contributed by atoms with Gasteiger partial charge in [0.2, 0.25) is 5.91 Å². The van der Waals surface area contributed by atoms with Gasteiger partial charge in [-0.15, -0.1) is 0 Å². The average Bonchev–Trinajstić information content (AvgIpc) is 3.16. The zero-order chi connectivity index (χ0) is 21.2. The molecule has 1 amide bonds. The molecular formula is C23H36ClN5O. The van der Waals surface area contributed by atoms with Gasteiger partial charge in [0.05, 0.1) is 0 Å². The van der Waals surface area contributed by atoms with Crippen LogP contribution in [0.15, 0.2) is 29.3 Å². The fraction of sp³-hybridized carbons (Fsp3) is 0.652. The van der Waals surface area contributed by atoms with Crippen LogP contribution in [0.4, 0.5) is 0 Å². The largest absolute Gasteiger partial charge is 0.357 e. The topological polar surface area (TPSA) is 60.0 Å². The highest BCUT2D eigenvalue weighted by molar-refractivity contribution is 6.31. The average molecular weight is 434 g/mol. The first-order chi connectivity index (χ1) is 14.7. The van der Waals surface area contributed by atoms with Crippen molar-refractivity contribution in [1.82, 2.24) is 20.4 Å². The standard InChI is InChI=1S/C23H36ClN5O/c1-2-25-23(26-12-6-14-29-13-5-9-22(29)30)27-17-19-10-15-28(16-11-19)18-20-7-3-4-8-21(20)24/h3-4,7-8,19H,2,5-6,9-18H2,1H3,(H2,25,26,27). The summed E-state index contributed by atoms with van der Waals surface area (Å²) in [6.45, 7) is 9.53. The van der Waals surface area contributed by atoms with Crippen LogP contribution in [0, 0.1) is 5.92 Å². The smallest absolute Gasteiger partial charge is 0.222 e. The predicted octanol–water partition coefficient (Wildman–Crippen LogP) is 3.12. The Kier molecular flexibility index (Phi) is 9.27. The summed E-state index contributed by atoms with van der Waals surface area (Å²) in [6.07, 6.45) is 5.02. The number of guanidine groups is 1. The third-order valence-electron chi connectivity index (χ3n) is 5.98. The fourth-order valence-corrected chi connectivity index (χ4v) is 4.37. The molecule has 0 unspecified atom stereocenters. The summed E-state index contributed by atoms with van der Waals surface area (Å²) < 4.78 is 0. The molecule has 7 heteroatoms. The summed E-state index contributed by atoms with van der Waals surface area (Å²) in [7, 11) is 0. The molecule has 2 heterocycles. The highest BCUT2D eigenvalue weighted by atomic mass is 35.5. The van der Waals surface area contributed by atoms with Crippen molar-refractivity contribution in [3.8, 4) is 0 Å². The summed E-state index contributed by atoms with van der Waals surface area (Å²) in [6, 6.07) is 8.13. The first-order valence-corrected chi connectivity index (χ1v) is 11.8. The second kappa shape index (κ2) is 12.2. The van der Waals surface area contributed by atoms with Crippen molar-refractivity contribution in [2.45, 2.75) is 45.6 Å². The number of aliphatic imine (C=N–C) groups is 1. The van der Waals surface area contributed by atoms with E-state index in [1.807, 2.05) is 17.0 Å². The van der Waals surface area contributed by atoms with Crippen LogP contribution < -0.4 is 10.6 Å². The maximum atomic E-state index is 11.7. The Labute approximate surface area is 186 Å². The first kappa shape index (κ1) is 22.9. The van der Waals surface area contributed by atoms with Crippen molar-refractivity contribution in [3.63, 3.8) is 0 Å². The molecular weight excluding hydrogens is 398 g/mol. The van der Waals surface area contributed by atoms with Crippen LogP contribution in [0.1, 0.15) is 44.6 Å². The lowest BCUT2D eigenvalue weighted by Gasteiger charge is -2.31. The molecule has 2 aliphatic heterocycles. The van der Waals surface area contributed by atoms with Crippen molar-refractivity contribution in [2.75, 3.05) is 45.8 Å². The van der Waals surface area contributed by atoms with Crippen LogP contribution in [-0.2, 0) is 11.3 Å². The molecule has 0 bridgehead atoms. The predicted molar refractivity (Wildman–Crippen MR) is 124 cm³/mol. The van der Waals surface area contributed by atoms with Gasteiger partial charge in [-0.3, -0.25) is 14.7 Å². The zero-order valence-electron chi connectivity index (χ0n) is 18.2. The van der Waals surface area contributed by atoms with Gasteiger partial charge in [0.25, 0.3) is 0 Å². The van der Waals surface area contributed by atoms with Crippen molar-refractivity contribution in [2.24, 2.45) is 10.9 Å². The van der Waals surface area contributed by atoms with Crippen LogP contribution >= 0.6 is 11.6 Å². The number of halogens is 1. The number of rotatable bonds is 9. The quantitative estimate of drug-likeness (QED) is 0.357. The van der Waals surface area contributed by atoms with Crippen molar-refractivity contribution < 1.29 is 4.79 Å². The SMILES string of the molecule is CCNC(=NCC1CCN(Cc2ccccc2Cl)CC1)NCCCN1CCCC1=O. The number of hydrogen-bond donors (Lipinski definition) is 2. The Morgan fingerprint density at radius 1 is 1.20 bits per heavy atom. The van der Waals surface area contributed by atoms with E-state index in [9.17, 15) is 4.79 Å². The van der Waals surface area contributed by atoms with E-state index in [2.05, 4.69) is 34.6 Å². The van der Waals surface area contributed by atoms with Crippen LogP contribution in [0.2, 0.25) is 5.02 Å². The molecule has 2 aliphatic rings. The Hall–Kier alpha value is -1.79. The van der Waals surface area contributed by atoms with Gasteiger partial charge in [0.1, 0.15) is 0 Å². The summed E-state index contributed by atoms with van der Waals surface area (Å²) in [5.41, 5.74) is 1.21. The minimum Gasteiger partial charge on any atom is -0.357 e. The van der Waals surface area contributed by atoms with Gasteiger partial charge in [-0.25, -0.2) is 0 Å². The van der Waals surface area contributed by atoms with E-state index in [1.165, 1.54) is 18.4 Å². The minimum absolute atomic E-state index is 0.302. The molecule has 2 saturated heterocycles. The lowest BCUT2D eigenvalue weighted by atomic mass is 9.96. The number of nitrogens with one attached hydrogen (secondary N) is 2. The van der Waals surface area contributed by atoms with E-state index in [0.29, 0.717) is 18.2 Å². The Morgan fingerprint density at radius 3 is 2.70 bits per heavy atom. The monoisotopic (exact) mass is 433 g/mol. The number of nitrogens with zero attached hydrogens (tertiary/aromatic N) is 3. The number of hydrogen-bond acceptors (Lipinski definition) is 3. The van der Waals surface area contributed by atoms with Gasteiger partial charge in [-0.1, -0.05) is 29.8 Å². The van der Waals surface area contributed by atoms with Crippen LogP contribution in [0.3, 0.4) is 0 Å². The molecule has 0 aromatic heterocycles. The summed E-state index contributed by atoms with van der Waals surface area (Å²) in [4.78, 5) is 21.0. The normalized spacial score (nSPS) is 18.8. The number of benzene rings is 1. The number of likely N-dealkylation sites (tertiary alicyclic amines) is 2. The van der Waals surface area contributed by atoms with E-state index < -0.39 is 0 Å². The number of carbonyl (C=O) groups is 1. The third kappa shape index (κ3) is 7.17. The summed E-state index contributed by atoms with van der Waals surface area (Å²) in [5.74, 6) is 1.82. The highest BCUT2D eigenvalue weighted by Crippen LogP contribution is 2.22. The summed E-state index contributed by atoms with van der Waals surface area (Å²) in [5, 5.41) is 7.62. The molecule has 3 rings (SSSR count). The van der Waals surface area contributed by atoms with Gasteiger partial charge in [0, 0.05) is 50.7 Å². The molecule has 30 heavy (non-hydrogen) atoms.